The van der Waals surface area contributed by atoms with E-state index in [9.17, 15) is 9.90 Å². The fourth-order valence-electron chi connectivity index (χ4n) is 4.91. The molecule has 0 aromatic heterocycles. The van der Waals surface area contributed by atoms with Gasteiger partial charge in [-0.3, -0.25) is 0 Å². The molecule has 2 aromatic carbocycles. The molecular formula is C28H38O4. The number of aliphatic hydroxyl groups is 2. The molecule has 1 aliphatic carbocycles. The zero-order chi connectivity index (χ0) is 22.9. The summed E-state index contributed by atoms with van der Waals surface area (Å²) in [4.78, 5) is 11.7. The summed E-state index contributed by atoms with van der Waals surface area (Å²) >= 11 is 0. The first-order valence-corrected chi connectivity index (χ1v) is 12.1. The quantitative estimate of drug-likeness (QED) is 0.274. The molecule has 1 atom stereocenters. The van der Waals surface area contributed by atoms with E-state index < -0.39 is 12.6 Å². The Hall–Kier alpha value is -2.17. The average Bonchev–Trinajstić information content (AvgIpc) is 2.84. The number of carbonyl (C=O) groups excluding carboxylic acids is 1. The van der Waals surface area contributed by atoms with Crippen LogP contribution in [-0.4, -0.2) is 36.0 Å². The lowest BCUT2D eigenvalue weighted by Crippen LogP contribution is -2.29. The summed E-state index contributed by atoms with van der Waals surface area (Å²) in [6.45, 7) is 5.51. The third kappa shape index (κ3) is 6.43. The summed E-state index contributed by atoms with van der Waals surface area (Å²) in [6.07, 6.45) is 9.16. The number of rotatable bonds is 11. The number of esters is 1. The molecule has 1 fully saturated rings. The van der Waals surface area contributed by atoms with Crippen LogP contribution < -0.4 is 0 Å². The van der Waals surface area contributed by atoms with Gasteiger partial charge in [-0.25, -0.2) is 4.79 Å². The Balaban J connectivity index is 1.56. The lowest BCUT2D eigenvalue weighted by molar-refractivity contribution is -0.142. The first-order chi connectivity index (χ1) is 15.5. The van der Waals surface area contributed by atoms with Gasteiger partial charge >= 0.3 is 5.97 Å². The van der Waals surface area contributed by atoms with E-state index in [0.29, 0.717) is 11.8 Å². The number of hydrogen-bond donors (Lipinski definition) is 2. The molecule has 4 heteroatoms. The van der Waals surface area contributed by atoms with Crippen molar-refractivity contribution in [2.75, 3.05) is 19.8 Å². The van der Waals surface area contributed by atoms with Crippen LogP contribution in [0, 0.1) is 11.8 Å². The summed E-state index contributed by atoms with van der Waals surface area (Å²) < 4.78 is 5.24. The van der Waals surface area contributed by atoms with Crippen LogP contribution in [0.3, 0.4) is 0 Å². The van der Waals surface area contributed by atoms with E-state index in [4.69, 9.17) is 9.84 Å². The van der Waals surface area contributed by atoms with E-state index in [1.54, 1.807) is 0 Å². The second-order valence-corrected chi connectivity index (χ2v) is 9.31. The SMILES string of the molecule is C=C(CO)C(=O)OCC(CO)C1CCC(c2ccc3cc(CCCCC)ccc3c2)CC1. The fourth-order valence-corrected chi connectivity index (χ4v) is 4.91. The van der Waals surface area contributed by atoms with Gasteiger partial charge in [0, 0.05) is 12.5 Å². The third-order valence-electron chi connectivity index (χ3n) is 7.05. The van der Waals surface area contributed by atoms with Gasteiger partial charge in [-0.15, -0.1) is 0 Å². The molecule has 0 amide bonds. The minimum Gasteiger partial charge on any atom is -0.462 e. The van der Waals surface area contributed by atoms with Gasteiger partial charge in [-0.05, 0) is 72.3 Å². The first-order valence-electron chi connectivity index (χ1n) is 12.1. The van der Waals surface area contributed by atoms with Gasteiger partial charge in [0.15, 0.2) is 0 Å². The molecule has 2 N–H and O–H groups in total. The van der Waals surface area contributed by atoms with Crippen molar-refractivity contribution in [3.05, 3.63) is 59.7 Å². The van der Waals surface area contributed by atoms with E-state index >= 15 is 0 Å². The highest BCUT2D eigenvalue weighted by Crippen LogP contribution is 2.39. The predicted molar refractivity (Wildman–Crippen MR) is 130 cm³/mol. The molecule has 1 saturated carbocycles. The summed E-state index contributed by atoms with van der Waals surface area (Å²) in [7, 11) is 0. The molecule has 1 unspecified atom stereocenters. The molecule has 2 aromatic rings. The lowest BCUT2D eigenvalue weighted by Gasteiger charge is -2.33. The van der Waals surface area contributed by atoms with Crippen molar-refractivity contribution in [1.29, 1.82) is 0 Å². The molecular weight excluding hydrogens is 400 g/mol. The molecule has 0 aliphatic heterocycles. The Morgan fingerprint density at radius 3 is 2.47 bits per heavy atom. The molecule has 174 valence electrons. The van der Waals surface area contributed by atoms with Gasteiger partial charge in [0.1, 0.15) is 0 Å². The first kappa shape index (κ1) is 24.5. The molecule has 0 spiro atoms. The second kappa shape index (κ2) is 12.2. The standard InChI is InChI=1S/C28H38O4/c1-3-4-5-6-21-7-8-26-16-25(14-13-24(26)15-21)22-9-11-23(12-10-22)27(18-30)19-32-28(31)20(2)17-29/h7-8,13-16,22-23,27,29-30H,2-6,9-12,17-19H2,1H3. The van der Waals surface area contributed by atoms with E-state index in [1.807, 2.05) is 0 Å². The van der Waals surface area contributed by atoms with Crippen molar-refractivity contribution in [1.82, 2.24) is 0 Å². The van der Waals surface area contributed by atoms with Gasteiger partial charge in [0.2, 0.25) is 0 Å². The Bertz CT molecular complexity index is 895. The number of carbonyl (C=O) groups is 1. The van der Waals surface area contributed by atoms with Gasteiger partial charge < -0.3 is 14.9 Å². The van der Waals surface area contributed by atoms with Crippen molar-refractivity contribution in [3.8, 4) is 0 Å². The number of aliphatic hydroxyl groups excluding tert-OH is 2. The van der Waals surface area contributed by atoms with E-state index in [1.165, 1.54) is 41.2 Å². The van der Waals surface area contributed by atoms with Crippen LogP contribution in [-0.2, 0) is 16.0 Å². The molecule has 4 nitrogen and oxygen atoms in total. The Morgan fingerprint density at radius 2 is 1.78 bits per heavy atom. The number of aryl methyl sites for hydroxylation is 1. The minimum absolute atomic E-state index is 0.00474. The number of benzene rings is 2. The maximum absolute atomic E-state index is 11.7. The second-order valence-electron chi connectivity index (χ2n) is 9.31. The normalized spacial score (nSPS) is 19.6. The average molecular weight is 439 g/mol. The largest absolute Gasteiger partial charge is 0.462 e. The van der Waals surface area contributed by atoms with Gasteiger partial charge in [-0.2, -0.15) is 0 Å². The molecule has 0 radical (unpaired) electrons. The maximum Gasteiger partial charge on any atom is 0.335 e. The van der Waals surface area contributed by atoms with E-state index in [-0.39, 0.29) is 24.7 Å². The minimum atomic E-state index is -0.579. The Labute approximate surface area is 192 Å². The summed E-state index contributed by atoms with van der Waals surface area (Å²) in [5.41, 5.74) is 2.88. The number of unbranched alkanes of at least 4 members (excludes halogenated alkanes) is 2. The van der Waals surface area contributed by atoms with Crippen LogP contribution >= 0.6 is 0 Å². The van der Waals surface area contributed by atoms with E-state index in [2.05, 4.69) is 49.9 Å². The zero-order valence-electron chi connectivity index (χ0n) is 19.4. The van der Waals surface area contributed by atoms with Crippen molar-refractivity contribution >= 4 is 16.7 Å². The summed E-state index contributed by atoms with van der Waals surface area (Å²) in [5.74, 6) is 0.243. The Morgan fingerprint density at radius 1 is 1.06 bits per heavy atom. The molecule has 0 bridgehead atoms. The monoisotopic (exact) mass is 438 g/mol. The highest BCUT2D eigenvalue weighted by molar-refractivity contribution is 5.87. The van der Waals surface area contributed by atoms with Crippen LogP contribution in [0.25, 0.3) is 10.8 Å². The fraction of sp³-hybridized carbons (Fsp3) is 0.536. The predicted octanol–water partition coefficient (Wildman–Crippen LogP) is 5.55. The summed E-state index contributed by atoms with van der Waals surface area (Å²) in [6, 6.07) is 13.8. The van der Waals surface area contributed by atoms with Crippen molar-refractivity contribution < 1.29 is 19.7 Å². The van der Waals surface area contributed by atoms with Crippen LogP contribution in [0.15, 0.2) is 48.6 Å². The summed E-state index contributed by atoms with van der Waals surface area (Å²) in [5, 5.41) is 21.4. The van der Waals surface area contributed by atoms with Crippen LogP contribution in [0.2, 0.25) is 0 Å². The van der Waals surface area contributed by atoms with Gasteiger partial charge in [0.05, 0.1) is 18.8 Å². The molecule has 0 heterocycles. The topological polar surface area (TPSA) is 66.8 Å². The highest BCUT2D eigenvalue weighted by atomic mass is 16.5. The molecule has 0 saturated heterocycles. The van der Waals surface area contributed by atoms with Crippen LogP contribution in [0.4, 0.5) is 0 Å². The van der Waals surface area contributed by atoms with Gasteiger partial charge in [0.25, 0.3) is 0 Å². The zero-order valence-corrected chi connectivity index (χ0v) is 19.4. The number of ether oxygens (including phenoxy) is 1. The number of fused-ring (bicyclic) bond motifs is 1. The lowest BCUT2D eigenvalue weighted by atomic mass is 9.74. The van der Waals surface area contributed by atoms with E-state index in [0.717, 1.165) is 32.1 Å². The van der Waals surface area contributed by atoms with Gasteiger partial charge in [-0.1, -0.05) is 62.7 Å². The highest BCUT2D eigenvalue weighted by Gasteiger charge is 2.29. The smallest absolute Gasteiger partial charge is 0.335 e. The number of hydrogen-bond acceptors (Lipinski definition) is 4. The molecule has 32 heavy (non-hydrogen) atoms. The third-order valence-corrected chi connectivity index (χ3v) is 7.05. The van der Waals surface area contributed by atoms with Crippen molar-refractivity contribution in [2.24, 2.45) is 11.8 Å². The van der Waals surface area contributed by atoms with Crippen LogP contribution in [0.5, 0.6) is 0 Å². The molecule has 1 aliphatic rings. The Kier molecular flexibility index (Phi) is 9.31. The molecule has 3 rings (SSSR count). The maximum atomic E-state index is 11.7. The van der Waals surface area contributed by atoms with Crippen molar-refractivity contribution in [3.63, 3.8) is 0 Å². The van der Waals surface area contributed by atoms with Crippen LogP contribution in [0.1, 0.15) is 68.9 Å². The van der Waals surface area contributed by atoms with Crippen molar-refractivity contribution in [2.45, 2.75) is 64.2 Å².